The Morgan fingerprint density at radius 1 is 1.07 bits per heavy atom. The smallest absolute Gasteiger partial charge is 0.354 e. The summed E-state index contributed by atoms with van der Waals surface area (Å²) in [5.74, 6) is -0.225. The van der Waals surface area contributed by atoms with Gasteiger partial charge in [-0.05, 0) is 36.6 Å². The van der Waals surface area contributed by atoms with Gasteiger partial charge in [-0.3, -0.25) is 9.97 Å². The van der Waals surface area contributed by atoms with Crippen molar-refractivity contribution in [2.75, 3.05) is 0 Å². The third-order valence-corrected chi connectivity index (χ3v) is 4.05. The summed E-state index contributed by atoms with van der Waals surface area (Å²) >= 11 is 0. The van der Waals surface area contributed by atoms with E-state index in [-0.39, 0.29) is 25.8 Å². The Morgan fingerprint density at radius 3 is 2.25 bits per heavy atom. The molecule has 3 aromatic rings. The van der Waals surface area contributed by atoms with E-state index in [4.69, 9.17) is 5.11 Å². The molecule has 0 fully saturated rings. The Morgan fingerprint density at radius 2 is 1.75 bits per heavy atom. The first-order valence-electron chi connectivity index (χ1n) is 8.87. The minimum absolute atomic E-state index is 0. The first kappa shape index (κ1) is 23.6. The molecule has 1 radical (unpaired) electrons. The molecule has 28 heavy (non-hydrogen) atoms. The summed E-state index contributed by atoms with van der Waals surface area (Å²) in [6.45, 7) is 8.16. The third-order valence-electron chi connectivity index (χ3n) is 4.05. The summed E-state index contributed by atoms with van der Waals surface area (Å²) in [4.78, 5) is 22.7. The van der Waals surface area contributed by atoms with Gasteiger partial charge in [-0.2, -0.15) is 0 Å². The van der Waals surface area contributed by atoms with Gasteiger partial charge in [0.1, 0.15) is 5.69 Å². The van der Waals surface area contributed by atoms with Gasteiger partial charge in [0.2, 0.25) is 0 Å². The van der Waals surface area contributed by atoms with Crippen LogP contribution in [0.3, 0.4) is 0 Å². The number of hydrogen-bond acceptors (Lipinski definition) is 4. The molecule has 1 N–H and O–H groups in total. The molecule has 0 aliphatic rings. The van der Waals surface area contributed by atoms with Crippen molar-refractivity contribution in [1.82, 2.24) is 15.0 Å². The van der Waals surface area contributed by atoms with E-state index in [9.17, 15) is 4.79 Å². The van der Waals surface area contributed by atoms with Crippen LogP contribution in [0.4, 0.5) is 0 Å². The van der Waals surface area contributed by atoms with Gasteiger partial charge in [-0.1, -0.05) is 27.2 Å². The number of carboxylic acids is 1. The standard InChI is InChI=1S/C15H17N2.C7H7NO2.Ir/c1-4-5-13-9-16-15(17-10-13)14-7-6-11(2)12(3)8-14;1-5-2-3-8-6(4-5)7(9)10;/h6,8-10H,4-5H2,1-3H3;2-4H,1H3,(H,9,10);/q-1;;. The zero-order chi connectivity index (χ0) is 19.8. The summed E-state index contributed by atoms with van der Waals surface area (Å²) in [6.07, 6.45) is 7.47. The molecule has 0 bridgehead atoms. The second-order valence-corrected chi connectivity index (χ2v) is 6.40. The van der Waals surface area contributed by atoms with E-state index < -0.39 is 5.97 Å². The van der Waals surface area contributed by atoms with Crippen LogP contribution < -0.4 is 0 Å². The fraction of sp³-hybridized carbons (Fsp3) is 0.273. The summed E-state index contributed by atoms with van der Waals surface area (Å²) in [6, 6.07) is 10.6. The Kier molecular flexibility index (Phi) is 9.63. The van der Waals surface area contributed by atoms with Crippen LogP contribution in [0.2, 0.25) is 0 Å². The van der Waals surface area contributed by atoms with E-state index in [2.05, 4.69) is 47.9 Å². The summed E-state index contributed by atoms with van der Waals surface area (Å²) in [7, 11) is 0. The monoisotopic (exact) mass is 555 g/mol. The van der Waals surface area contributed by atoms with Crippen LogP contribution in [0.15, 0.2) is 42.9 Å². The zero-order valence-electron chi connectivity index (χ0n) is 16.5. The molecule has 0 spiro atoms. The predicted octanol–water partition coefficient (Wildman–Crippen LogP) is 4.60. The van der Waals surface area contributed by atoms with E-state index in [0.29, 0.717) is 0 Å². The van der Waals surface area contributed by atoms with Crippen LogP contribution in [-0.4, -0.2) is 26.0 Å². The zero-order valence-corrected chi connectivity index (χ0v) is 18.9. The van der Waals surface area contributed by atoms with Crippen LogP contribution in [0.5, 0.6) is 0 Å². The quantitative estimate of drug-likeness (QED) is 0.477. The summed E-state index contributed by atoms with van der Waals surface area (Å²) in [5, 5.41) is 8.45. The fourth-order valence-corrected chi connectivity index (χ4v) is 2.37. The first-order chi connectivity index (χ1) is 12.9. The van der Waals surface area contributed by atoms with Crippen molar-refractivity contribution in [3.05, 3.63) is 76.9 Å². The Hall–Kier alpha value is -2.43. The average molecular weight is 555 g/mol. The molecule has 3 rings (SSSR count). The second-order valence-electron chi connectivity index (χ2n) is 6.40. The minimum atomic E-state index is -0.983. The largest absolute Gasteiger partial charge is 0.477 e. The van der Waals surface area contributed by atoms with Crippen molar-refractivity contribution in [1.29, 1.82) is 0 Å². The molecule has 0 unspecified atom stereocenters. The van der Waals surface area contributed by atoms with Crippen LogP contribution in [-0.2, 0) is 26.5 Å². The molecular formula is C22H24IrN3O2-. The molecule has 5 nitrogen and oxygen atoms in total. The molecule has 0 aliphatic heterocycles. The van der Waals surface area contributed by atoms with Crippen LogP contribution in [0.1, 0.15) is 46.1 Å². The molecule has 2 aromatic heterocycles. The van der Waals surface area contributed by atoms with Gasteiger partial charge in [0.05, 0.1) is 5.82 Å². The van der Waals surface area contributed by atoms with Gasteiger partial charge in [0, 0.05) is 38.7 Å². The molecule has 0 saturated heterocycles. The summed E-state index contributed by atoms with van der Waals surface area (Å²) < 4.78 is 0. The number of carbonyl (C=O) groups is 1. The van der Waals surface area contributed by atoms with E-state index in [1.54, 1.807) is 6.07 Å². The Balaban J connectivity index is 0.000000307. The van der Waals surface area contributed by atoms with Crippen LogP contribution in [0.25, 0.3) is 11.4 Å². The number of carboxylic acid groups (broad SMARTS) is 1. The van der Waals surface area contributed by atoms with Crippen molar-refractivity contribution in [2.45, 2.75) is 40.5 Å². The summed E-state index contributed by atoms with van der Waals surface area (Å²) in [5.41, 5.74) is 5.67. The number of rotatable bonds is 4. The topological polar surface area (TPSA) is 76.0 Å². The van der Waals surface area contributed by atoms with E-state index in [1.807, 2.05) is 25.4 Å². The normalized spacial score (nSPS) is 9.71. The van der Waals surface area contributed by atoms with Gasteiger partial charge in [0.15, 0.2) is 0 Å². The molecule has 6 heteroatoms. The maximum Gasteiger partial charge on any atom is 0.354 e. The third kappa shape index (κ3) is 6.95. The van der Waals surface area contributed by atoms with E-state index in [1.165, 1.54) is 29.0 Å². The SMILES string of the molecule is CCCc1cnc(-c2[c-]cc(C)c(C)c2)nc1.Cc1ccnc(C(=O)O)c1.[Ir]. The molecule has 0 saturated carbocycles. The van der Waals surface area contributed by atoms with Crippen molar-refractivity contribution >= 4 is 5.97 Å². The number of pyridine rings is 1. The van der Waals surface area contributed by atoms with Crippen molar-refractivity contribution in [2.24, 2.45) is 0 Å². The van der Waals surface area contributed by atoms with E-state index >= 15 is 0 Å². The molecule has 0 aliphatic carbocycles. The molecule has 2 heterocycles. The second kappa shape index (κ2) is 11.4. The Labute approximate surface area is 179 Å². The van der Waals surface area contributed by atoms with Gasteiger partial charge in [0.25, 0.3) is 0 Å². The fourth-order valence-electron chi connectivity index (χ4n) is 2.37. The average Bonchev–Trinajstić information content (AvgIpc) is 2.65. The molecule has 0 atom stereocenters. The van der Waals surface area contributed by atoms with Crippen molar-refractivity contribution in [3.63, 3.8) is 0 Å². The van der Waals surface area contributed by atoms with Gasteiger partial charge in [-0.15, -0.1) is 34.9 Å². The van der Waals surface area contributed by atoms with Crippen molar-refractivity contribution in [3.8, 4) is 11.4 Å². The number of aryl methyl sites for hydroxylation is 4. The maximum absolute atomic E-state index is 10.3. The number of aromatic nitrogens is 3. The first-order valence-corrected chi connectivity index (χ1v) is 8.87. The van der Waals surface area contributed by atoms with E-state index in [0.717, 1.165) is 29.8 Å². The number of nitrogens with zero attached hydrogens (tertiary/aromatic N) is 3. The predicted molar refractivity (Wildman–Crippen MR) is 106 cm³/mol. The molecule has 0 amide bonds. The van der Waals surface area contributed by atoms with Gasteiger partial charge < -0.3 is 5.11 Å². The maximum atomic E-state index is 10.3. The molecule has 1 aromatic carbocycles. The number of aromatic carboxylic acids is 1. The van der Waals surface area contributed by atoms with Crippen LogP contribution >= 0.6 is 0 Å². The number of benzene rings is 1. The van der Waals surface area contributed by atoms with Gasteiger partial charge >= 0.3 is 5.97 Å². The molecular weight excluding hydrogens is 530 g/mol. The number of hydrogen-bond donors (Lipinski definition) is 1. The Bertz CT molecular complexity index is 912. The van der Waals surface area contributed by atoms with Gasteiger partial charge in [-0.25, -0.2) is 9.78 Å². The van der Waals surface area contributed by atoms with Crippen molar-refractivity contribution < 1.29 is 30.0 Å². The minimum Gasteiger partial charge on any atom is -0.477 e. The molecule has 149 valence electrons. The van der Waals surface area contributed by atoms with Crippen LogP contribution in [0, 0.1) is 26.8 Å².